The van der Waals surface area contributed by atoms with E-state index >= 15 is 0 Å². The van der Waals surface area contributed by atoms with Crippen molar-refractivity contribution in [1.82, 2.24) is 0 Å². The lowest BCUT2D eigenvalue weighted by Gasteiger charge is -2.15. The molecule has 0 fully saturated rings. The average Bonchev–Trinajstić information content (AvgIpc) is 2.64. The number of amides is 1. The van der Waals surface area contributed by atoms with Gasteiger partial charge in [-0.15, -0.1) is 0 Å². The van der Waals surface area contributed by atoms with Gasteiger partial charge in [-0.1, -0.05) is 12.1 Å². The number of rotatable bonds is 9. The number of benzene rings is 2. The lowest BCUT2D eigenvalue weighted by Crippen LogP contribution is -3.08. The van der Waals surface area contributed by atoms with Crippen molar-refractivity contribution in [3.05, 3.63) is 53.6 Å². The van der Waals surface area contributed by atoms with E-state index in [-0.39, 0.29) is 5.91 Å². The fourth-order valence-electron chi connectivity index (χ4n) is 2.72. The molecule has 1 atom stereocenters. The highest BCUT2D eigenvalue weighted by molar-refractivity contribution is 5.91. The maximum absolute atomic E-state index is 12.3. The van der Waals surface area contributed by atoms with Gasteiger partial charge >= 0.3 is 0 Å². The summed E-state index contributed by atoms with van der Waals surface area (Å²) >= 11 is 0. The third-order valence-corrected chi connectivity index (χ3v) is 3.88. The van der Waals surface area contributed by atoms with E-state index < -0.39 is 0 Å². The molecule has 0 spiro atoms. The molecule has 0 heterocycles. The zero-order valence-electron chi connectivity index (χ0n) is 16.0. The summed E-state index contributed by atoms with van der Waals surface area (Å²) in [5, 5.41) is 11.8. The summed E-state index contributed by atoms with van der Waals surface area (Å²) in [6.45, 7) is 5.92. The van der Waals surface area contributed by atoms with Crippen molar-refractivity contribution in [2.24, 2.45) is 0 Å². The predicted octanol–water partition coefficient (Wildman–Crippen LogP) is 2.01. The Labute approximate surface area is 160 Å². The third-order valence-electron chi connectivity index (χ3n) is 3.88. The van der Waals surface area contributed by atoms with Crippen molar-refractivity contribution < 1.29 is 19.2 Å². The topological polar surface area (TPSA) is 75.8 Å². The minimum Gasteiger partial charge on any atom is -0.490 e. The molecular weight excluding hydrogens is 342 g/mol. The van der Waals surface area contributed by atoms with E-state index in [4.69, 9.17) is 14.7 Å². The van der Waals surface area contributed by atoms with Gasteiger partial charge < -0.3 is 19.7 Å². The largest absolute Gasteiger partial charge is 0.490 e. The molecule has 1 amide bonds. The van der Waals surface area contributed by atoms with Gasteiger partial charge in [0.25, 0.3) is 5.91 Å². The van der Waals surface area contributed by atoms with Crippen LogP contribution in [-0.4, -0.2) is 32.7 Å². The van der Waals surface area contributed by atoms with Crippen molar-refractivity contribution in [3.8, 4) is 17.6 Å². The predicted molar refractivity (Wildman–Crippen MR) is 104 cm³/mol. The monoisotopic (exact) mass is 368 g/mol. The standard InChI is InChI=1S/C21H25N3O3/c1-4-26-19-11-10-18(12-20(19)27-5-2)23-21(25)15-24(3)14-17-8-6-16(13-22)7-9-17/h6-12H,4-5,14-15H2,1-3H3,(H,23,25)/p+1. The van der Waals surface area contributed by atoms with Gasteiger partial charge in [-0.2, -0.15) is 5.26 Å². The molecule has 6 nitrogen and oxygen atoms in total. The van der Waals surface area contributed by atoms with Gasteiger partial charge in [0.05, 0.1) is 31.9 Å². The van der Waals surface area contributed by atoms with E-state index in [0.717, 1.165) is 10.5 Å². The second kappa shape index (κ2) is 10.2. The van der Waals surface area contributed by atoms with Crippen LogP contribution in [0.5, 0.6) is 11.5 Å². The lowest BCUT2D eigenvalue weighted by molar-refractivity contribution is -0.885. The van der Waals surface area contributed by atoms with Crippen LogP contribution in [0.3, 0.4) is 0 Å². The van der Waals surface area contributed by atoms with Gasteiger partial charge in [-0.3, -0.25) is 4.79 Å². The van der Waals surface area contributed by atoms with Gasteiger partial charge in [-0.05, 0) is 38.1 Å². The van der Waals surface area contributed by atoms with Crippen molar-refractivity contribution in [2.45, 2.75) is 20.4 Å². The SMILES string of the molecule is CCOc1ccc(NC(=O)C[NH+](C)Cc2ccc(C#N)cc2)cc1OCC. The molecule has 0 saturated heterocycles. The second-order valence-electron chi connectivity index (χ2n) is 6.20. The zero-order chi connectivity index (χ0) is 19.6. The van der Waals surface area contributed by atoms with Crippen LogP contribution >= 0.6 is 0 Å². The molecule has 142 valence electrons. The van der Waals surface area contributed by atoms with Crippen LogP contribution in [0.2, 0.25) is 0 Å². The Morgan fingerprint density at radius 2 is 1.74 bits per heavy atom. The summed E-state index contributed by atoms with van der Waals surface area (Å²) in [5.74, 6) is 1.21. The van der Waals surface area contributed by atoms with E-state index in [9.17, 15) is 4.79 Å². The van der Waals surface area contributed by atoms with Crippen LogP contribution in [0.15, 0.2) is 42.5 Å². The normalized spacial score (nSPS) is 11.3. The molecule has 0 aliphatic heterocycles. The van der Waals surface area contributed by atoms with Crippen LogP contribution < -0.4 is 19.7 Å². The quantitative estimate of drug-likeness (QED) is 0.710. The molecule has 27 heavy (non-hydrogen) atoms. The number of anilines is 1. The molecule has 0 aliphatic rings. The highest BCUT2D eigenvalue weighted by atomic mass is 16.5. The van der Waals surface area contributed by atoms with Crippen LogP contribution in [0.4, 0.5) is 5.69 Å². The highest BCUT2D eigenvalue weighted by Gasteiger charge is 2.13. The number of carbonyl (C=O) groups is 1. The molecule has 0 bridgehead atoms. The number of likely N-dealkylation sites (N-methyl/N-ethyl adjacent to an activating group) is 1. The first kappa shape index (κ1) is 20.3. The van der Waals surface area contributed by atoms with E-state index in [0.29, 0.717) is 49.1 Å². The van der Waals surface area contributed by atoms with E-state index in [1.54, 1.807) is 30.3 Å². The maximum atomic E-state index is 12.3. The summed E-state index contributed by atoms with van der Waals surface area (Å²) in [6, 6.07) is 14.9. The Bertz CT molecular complexity index is 797. The van der Waals surface area contributed by atoms with Crippen molar-refractivity contribution in [3.63, 3.8) is 0 Å². The number of quaternary nitrogens is 1. The van der Waals surface area contributed by atoms with Gasteiger partial charge in [0, 0.05) is 17.3 Å². The average molecular weight is 368 g/mol. The summed E-state index contributed by atoms with van der Waals surface area (Å²) < 4.78 is 11.1. The minimum atomic E-state index is -0.0762. The fraction of sp³-hybridized carbons (Fsp3) is 0.333. The Kier molecular flexibility index (Phi) is 7.65. The van der Waals surface area contributed by atoms with Crippen molar-refractivity contribution >= 4 is 11.6 Å². The molecule has 6 heteroatoms. The number of ether oxygens (including phenoxy) is 2. The molecule has 0 radical (unpaired) electrons. The number of nitriles is 1. The Morgan fingerprint density at radius 3 is 2.37 bits per heavy atom. The van der Waals surface area contributed by atoms with E-state index in [1.165, 1.54) is 0 Å². The third kappa shape index (κ3) is 6.32. The summed E-state index contributed by atoms with van der Waals surface area (Å²) in [4.78, 5) is 13.4. The Balaban J connectivity index is 1.93. The number of hydrogen-bond acceptors (Lipinski definition) is 4. The second-order valence-corrected chi connectivity index (χ2v) is 6.20. The van der Waals surface area contributed by atoms with Crippen LogP contribution in [0.25, 0.3) is 0 Å². The molecule has 1 unspecified atom stereocenters. The maximum Gasteiger partial charge on any atom is 0.279 e. The van der Waals surface area contributed by atoms with Crippen LogP contribution in [0.1, 0.15) is 25.0 Å². The number of carbonyl (C=O) groups excluding carboxylic acids is 1. The molecule has 0 aliphatic carbocycles. The van der Waals surface area contributed by atoms with Gasteiger partial charge in [0.15, 0.2) is 18.0 Å². The first-order valence-corrected chi connectivity index (χ1v) is 9.05. The Hall–Kier alpha value is -3.04. The summed E-state index contributed by atoms with van der Waals surface area (Å²) in [5.41, 5.74) is 2.40. The minimum absolute atomic E-state index is 0.0762. The number of hydrogen-bond donors (Lipinski definition) is 2. The summed E-state index contributed by atoms with van der Waals surface area (Å²) in [7, 11) is 1.96. The van der Waals surface area contributed by atoms with Crippen molar-refractivity contribution in [1.29, 1.82) is 5.26 Å². The molecule has 0 saturated carbocycles. The van der Waals surface area contributed by atoms with Gasteiger partial charge in [0.1, 0.15) is 6.54 Å². The molecule has 2 N–H and O–H groups in total. The molecule has 0 aromatic heterocycles. The molecule has 2 rings (SSSR count). The van der Waals surface area contributed by atoms with Gasteiger partial charge in [-0.25, -0.2) is 0 Å². The van der Waals surface area contributed by atoms with Crippen LogP contribution in [-0.2, 0) is 11.3 Å². The van der Waals surface area contributed by atoms with Crippen molar-refractivity contribution in [2.75, 3.05) is 32.1 Å². The van der Waals surface area contributed by atoms with E-state index in [2.05, 4.69) is 11.4 Å². The Morgan fingerprint density at radius 1 is 1.07 bits per heavy atom. The van der Waals surface area contributed by atoms with E-state index in [1.807, 2.05) is 33.0 Å². The number of nitrogens with one attached hydrogen (secondary N) is 2. The highest BCUT2D eigenvalue weighted by Crippen LogP contribution is 2.30. The smallest absolute Gasteiger partial charge is 0.279 e. The zero-order valence-corrected chi connectivity index (χ0v) is 16.0. The molecular formula is C21H26N3O3+. The first-order valence-electron chi connectivity index (χ1n) is 9.05. The van der Waals surface area contributed by atoms with Crippen LogP contribution in [0, 0.1) is 11.3 Å². The number of nitrogens with zero attached hydrogens (tertiary/aromatic N) is 1. The fourth-order valence-corrected chi connectivity index (χ4v) is 2.72. The first-order chi connectivity index (χ1) is 13.0. The lowest BCUT2D eigenvalue weighted by atomic mass is 10.1. The molecule has 2 aromatic carbocycles. The molecule has 2 aromatic rings. The van der Waals surface area contributed by atoms with Gasteiger partial charge in [0.2, 0.25) is 0 Å². The summed E-state index contributed by atoms with van der Waals surface area (Å²) in [6.07, 6.45) is 0.